The van der Waals surface area contributed by atoms with E-state index < -0.39 is 0 Å². The lowest BCUT2D eigenvalue weighted by Crippen LogP contribution is -2.20. The Kier molecular flexibility index (Phi) is 4.68. The van der Waals surface area contributed by atoms with Gasteiger partial charge in [0, 0.05) is 11.7 Å². The summed E-state index contributed by atoms with van der Waals surface area (Å²) in [7, 11) is 0. The Bertz CT molecular complexity index is 522. The molecule has 0 aliphatic carbocycles. The number of halogens is 1. The molecule has 0 amide bonds. The smallest absolute Gasteiger partial charge is 0.123 e. The van der Waals surface area contributed by atoms with Crippen molar-refractivity contribution in [3.63, 3.8) is 0 Å². The fraction of sp³-hybridized carbons (Fsp3) is 0.400. The third kappa shape index (κ3) is 3.89. The Balaban J connectivity index is 1.75. The summed E-state index contributed by atoms with van der Waals surface area (Å²) in [6, 6.07) is 6.91. The number of nitrogens with one attached hydrogen (secondary N) is 2. The molecule has 1 atom stereocenters. The zero-order chi connectivity index (χ0) is 13.7. The van der Waals surface area contributed by atoms with E-state index in [0.717, 1.165) is 30.6 Å². The molecule has 2 N–H and O–H groups in total. The summed E-state index contributed by atoms with van der Waals surface area (Å²) in [5.41, 5.74) is 3.39. The van der Waals surface area contributed by atoms with Crippen molar-refractivity contribution in [2.75, 3.05) is 6.54 Å². The van der Waals surface area contributed by atoms with Gasteiger partial charge in [-0.3, -0.25) is 5.10 Å². The van der Waals surface area contributed by atoms with Gasteiger partial charge in [0.05, 0.1) is 6.20 Å². The highest BCUT2D eigenvalue weighted by Gasteiger charge is 2.05. The molecule has 0 radical (unpaired) electrons. The van der Waals surface area contributed by atoms with Gasteiger partial charge in [-0.1, -0.05) is 12.1 Å². The van der Waals surface area contributed by atoms with Gasteiger partial charge in [0.15, 0.2) is 0 Å². The standard InChI is InChI=1S/C15H20FN3/c1-11(13-5-3-7-15(16)9-13)17-8-4-6-14-10-18-19-12(14)2/h3,5,7,9-11,17H,4,6,8H2,1-2H3,(H,18,19). The minimum absolute atomic E-state index is 0.168. The van der Waals surface area contributed by atoms with Crippen molar-refractivity contribution in [3.05, 3.63) is 53.1 Å². The van der Waals surface area contributed by atoms with Gasteiger partial charge in [0.1, 0.15) is 5.82 Å². The predicted octanol–water partition coefficient (Wildman–Crippen LogP) is 3.14. The van der Waals surface area contributed by atoms with Gasteiger partial charge in [-0.15, -0.1) is 0 Å². The Hall–Kier alpha value is -1.68. The van der Waals surface area contributed by atoms with Gasteiger partial charge in [-0.05, 0) is 56.5 Å². The third-order valence-electron chi connectivity index (χ3n) is 3.36. The Morgan fingerprint density at radius 3 is 2.95 bits per heavy atom. The molecule has 4 heteroatoms. The fourth-order valence-electron chi connectivity index (χ4n) is 2.12. The highest BCUT2D eigenvalue weighted by Crippen LogP contribution is 2.13. The van der Waals surface area contributed by atoms with E-state index in [2.05, 4.69) is 22.4 Å². The molecule has 0 fully saturated rings. The molecule has 1 unspecified atom stereocenters. The minimum atomic E-state index is -0.180. The number of aromatic nitrogens is 2. The Morgan fingerprint density at radius 1 is 1.42 bits per heavy atom. The lowest BCUT2D eigenvalue weighted by molar-refractivity contribution is 0.551. The van der Waals surface area contributed by atoms with Gasteiger partial charge in [-0.2, -0.15) is 5.10 Å². The maximum absolute atomic E-state index is 13.1. The van der Waals surface area contributed by atoms with Crippen LogP contribution < -0.4 is 5.32 Å². The maximum Gasteiger partial charge on any atom is 0.123 e. The molecule has 0 spiro atoms. The van der Waals surface area contributed by atoms with E-state index in [-0.39, 0.29) is 11.9 Å². The number of H-pyrrole nitrogens is 1. The highest BCUT2D eigenvalue weighted by molar-refractivity contribution is 5.19. The summed E-state index contributed by atoms with van der Waals surface area (Å²) < 4.78 is 13.1. The second kappa shape index (κ2) is 6.48. The first-order valence-corrected chi connectivity index (χ1v) is 6.64. The molecule has 1 aromatic heterocycles. The van der Waals surface area contributed by atoms with Crippen LogP contribution in [0.4, 0.5) is 4.39 Å². The van der Waals surface area contributed by atoms with Crippen LogP contribution in [0.2, 0.25) is 0 Å². The van der Waals surface area contributed by atoms with Crippen LogP contribution in [-0.4, -0.2) is 16.7 Å². The fourth-order valence-corrected chi connectivity index (χ4v) is 2.12. The number of nitrogens with zero attached hydrogens (tertiary/aromatic N) is 1. The van der Waals surface area contributed by atoms with Crippen LogP contribution in [0, 0.1) is 12.7 Å². The molecule has 0 saturated heterocycles. The van der Waals surface area contributed by atoms with E-state index >= 15 is 0 Å². The van der Waals surface area contributed by atoms with Crippen LogP contribution in [0.5, 0.6) is 0 Å². The molecule has 0 aliphatic heterocycles. The quantitative estimate of drug-likeness (QED) is 0.784. The SMILES string of the molecule is Cc1[nH]ncc1CCCNC(C)c1cccc(F)c1. The van der Waals surface area contributed by atoms with Crippen LogP contribution in [0.3, 0.4) is 0 Å². The van der Waals surface area contributed by atoms with Crippen LogP contribution in [0.15, 0.2) is 30.5 Å². The van der Waals surface area contributed by atoms with Crippen molar-refractivity contribution >= 4 is 0 Å². The number of aromatic amines is 1. The number of benzene rings is 1. The van der Waals surface area contributed by atoms with Crippen molar-refractivity contribution in [2.24, 2.45) is 0 Å². The predicted molar refractivity (Wildman–Crippen MR) is 74.5 cm³/mol. The Morgan fingerprint density at radius 2 is 2.26 bits per heavy atom. The summed E-state index contributed by atoms with van der Waals surface area (Å²) in [4.78, 5) is 0. The summed E-state index contributed by atoms with van der Waals surface area (Å²) in [6.45, 7) is 4.99. The number of hydrogen-bond acceptors (Lipinski definition) is 2. The molecular formula is C15H20FN3. The second-order valence-electron chi connectivity index (χ2n) is 4.85. The normalized spacial score (nSPS) is 12.6. The van der Waals surface area contributed by atoms with Crippen molar-refractivity contribution in [3.8, 4) is 0 Å². The molecule has 2 rings (SSSR count). The number of aryl methyl sites for hydroxylation is 2. The van der Waals surface area contributed by atoms with Crippen molar-refractivity contribution in [1.82, 2.24) is 15.5 Å². The van der Waals surface area contributed by atoms with Gasteiger partial charge in [-0.25, -0.2) is 4.39 Å². The van der Waals surface area contributed by atoms with Gasteiger partial charge in [0.25, 0.3) is 0 Å². The van der Waals surface area contributed by atoms with Crippen molar-refractivity contribution in [2.45, 2.75) is 32.7 Å². The summed E-state index contributed by atoms with van der Waals surface area (Å²) in [6.07, 6.45) is 3.93. The molecule has 1 heterocycles. The Labute approximate surface area is 113 Å². The molecule has 0 aliphatic rings. The van der Waals surface area contributed by atoms with Crippen LogP contribution in [-0.2, 0) is 6.42 Å². The van der Waals surface area contributed by atoms with Crippen LogP contribution in [0.25, 0.3) is 0 Å². The number of rotatable bonds is 6. The van der Waals surface area contributed by atoms with Crippen LogP contribution in [0.1, 0.15) is 36.2 Å². The number of hydrogen-bond donors (Lipinski definition) is 2. The van der Waals surface area contributed by atoms with E-state index in [1.165, 1.54) is 11.6 Å². The molecule has 19 heavy (non-hydrogen) atoms. The van der Waals surface area contributed by atoms with Crippen LogP contribution >= 0.6 is 0 Å². The monoisotopic (exact) mass is 261 g/mol. The first-order valence-electron chi connectivity index (χ1n) is 6.64. The van der Waals surface area contributed by atoms with E-state index in [1.807, 2.05) is 19.2 Å². The third-order valence-corrected chi connectivity index (χ3v) is 3.36. The average molecular weight is 261 g/mol. The largest absolute Gasteiger partial charge is 0.310 e. The summed E-state index contributed by atoms with van der Waals surface area (Å²) in [5.74, 6) is -0.180. The lowest BCUT2D eigenvalue weighted by Gasteiger charge is -2.14. The van der Waals surface area contributed by atoms with E-state index in [1.54, 1.807) is 12.1 Å². The van der Waals surface area contributed by atoms with Gasteiger partial charge in [0.2, 0.25) is 0 Å². The molecule has 0 bridgehead atoms. The topological polar surface area (TPSA) is 40.7 Å². The summed E-state index contributed by atoms with van der Waals surface area (Å²) in [5, 5.41) is 10.4. The maximum atomic E-state index is 13.1. The first kappa shape index (κ1) is 13.7. The molecule has 1 aromatic carbocycles. The van der Waals surface area contributed by atoms with E-state index in [9.17, 15) is 4.39 Å². The second-order valence-corrected chi connectivity index (χ2v) is 4.85. The molecule has 0 saturated carbocycles. The first-order chi connectivity index (χ1) is 9.16. The lowest BCUT2D eigenvalue weighted by atomic mass is 10.1. The summed E-state index contributed by atoms with van der Waals surface area (Å²) >= 11 is 0. The van der Waals surface area contributed by atoms with Gasteiger partial charge < -0.3 is 5.32 Å². The zero-order valence-electron chi connectivity index (χ0n) is 11.4. The molecular weight excluding hydrogens is 241 g/mol. The van der Waals surface area contributed by atoms with E-state index in [0.29, 0.717) is 0 Å². The van der Waals surface area contributed by atoms with Crippen molar-refractivity contribution in [1.29, 1.82) is 0 Å². The molecule has 102 valence electrons. The molecule has 3 nitrogen and oxygen atoms in total. The van der Waals surface area contributed by atoms with Gasteiger partial charge >= 0.3 is 0 Å². The van der Waals surface area contributed by atoms with Crippen molar-refractivity contribution < 1.29 is 4.39 Å². The average Bonchev–Trinajstić information content (AvgIpc) is 2.80. The van der Waals surface area contributed by atoms with E-state index in [4.69, 9.17) is 0 Å². The minimum Gasteiger partial charge on any atom is -0.310 e. The highest BCUT2D eigenvalue weighted by atomic mass is 19.1. The molecule has 2 aromatic rings. The zero-order valence-corrected chi connectivity index (χ0v) is 11.4.